The van der Waals surface area contributed by atoms with Crippen LogP contribution in [0.15, 0.2) is 23.8 Å². The molecule has 3 unspecified atom stereocenters. The highest BCUT2D eigenvalue weighted by Crippen LogP contribution is 2.52. The molecule has 0 bridgehead atoms. The molecule has 0 amide bonds. The fourth-order valence-corrected chi connectivity index (χ4v) is 3.98. The Morgan fingerprint density at radius 1 is 1.65 bits per heavy atom. The van der Waals surface area contributed by atoms with E-state index in [2.05, 4.69) is 26.5 Å². The van der Waals surface area contributed by atoms with Crippen LogP contribution in [0.4, 0.5) is 0 Å². The number of halogens is 1. The van der Waals surface area contributed by atoms with Crippen molar-refractivity contribution in [1.82, 2.24) is 0 Å². The highest BCUT2D eigenvalue weighted by Gasteiger charge is 2.45. The Morgan fingerprint density at radius 3 is 2.94 bits per heavy atom. The largest absolute Gasteiger partial charge is 0.305 e. The van der Waals surface area contributed by atoms with E-state index in [1.165, 1.54) is 17.6 Å². The molecule has 2 heteroatoms. The third kappa shape index (κ3) is 2.10. The zero-order chi connectivity index (χ0) is 12.6. The molecular weight excluding hydrogens is 230 g/mol. The van der Waals surface area contributed by atoms with Crippen LogP contribution in [0.5, 0.6) is 0 Å². The van der Waals surface area contributed by atoms with Gasteiger partial charge in [-0.2, -0.15) is 0 Å². The van der Waals surface area contributed by atoms with E-state index in [-0.39, 0.29) is 5.41 Å². The molecule has 0 radical (unpaired) electrons. The van der Waals surface area contributed by atoms with Gasteiger partial charge in [0, 0.05) is 11.6 Å². The molecule has 1 fully saturated rings. The molecule has 1 saturated carbocycles. The summed E-state index contributed by atoms with van der Waals surface area (Å²) in [5.74, 6) is 1.70. The lowest BCUT2D eigenvalue weighted by Crippen LogP contribution is -2.42. The normalized spacial score (nSPS) is 37.4. The Kier molecular flexibility index (Phi) is 3.49. The van der Waals surface area contributed by atoms with Gasteiger partial charge in [0.05, 0.1) is 0 Å². The smallest absolute Gasteiger partial charge is 0.0354 e. The van der Waals surface area contributed by atoms with E-state index in [4.69, 9.17) is 17.0 Å². The van der Waals surface area contributed by atoms with Crippen molar-refractivity contribution in [1.29, 1.82) is 5.41 Å². The van der Waals surface area contributed by atoms with Crippen LogP contribution in [0.2, 0.25) is 0 Å². The summed E-state index contributed by atoms with van der Waals surface area (Å²) in [7, 11) is 0. The van der Waals surface area contributed by atoms with Gasteiger partial charge in [0.25, 0.3) is 0 Å². The quantitative estimate of drug-likeness (QED) is 0.549. The third-order valence-electron chi connectivity index (χ3n) is 4.71. The van der Waals surface area contributed by atoms with Crippen molar-refractivity contribution in [3.05, 3.63) is 23.8 Å². The predicted molar refractivity (Wildman–Crippen MR) is 74.9 cm³/mol. The van der Waals surface area contributed by atoms with E-state index in [0.29, 0.717) is 17.7 Å². The second-order valence-corrected chi connectivity index (χ2v) is 6.20. The number of hydrogen-bond acceptors (Lipinski definition) is 1. The van der Waals surface area contributed by atoms with Crippen LogP contribution >= 0.6 is 11.6 Å². The molecule has 1 N–H and O–H groups in total. The Balaban J connectivity index is 2.36. The SMILES string of the molecule is C=C(C)C1CC(=N)C2=CCCC(CCl)C2(C)C1. The summed E-state index contributed by atoms with van der Waals surface area (Å²) in [6.07, 6.45) is 6.52. The Labute approximate surface area is 109 Å². The van der Waals surface area contributed by atoms with Crippen LogP contribution in [-0.4, -0.2) is 11.6 Å². The van der Waals surface area contributed by atoms with E-state index < -0.39 is 0 Å². The molecule has 2 rings (SSSR count). The second-order valence-electron chi connectivity index (χ2n) is 5.89. The molecule has 94 valence electrons. The minimum atomic E-state index is 0.110. The summed E-state index contributed by atoms with van der Waals surface area (Å²) in [6.45, 7) is 8.48. The van der Waals surface area contributed by atoms with Crippen LogP contribution in [0.3, 0.4) is 0 Å². The zero-order valence-corrected chi connectivity index (χ0v) is 11.6. The van der Waals surface area contributed by atoms with Crippen molar-refractivity contribution in [3.63, 3.8) is 0 Å². The summed E-state index contributed by atoms with van der Waals surface area (Å²) >= 11 is 6.14. The van der Waals surface area contributed by atoms with Gasteiger partial charge in [-0.05, 0) is 55.4 Å². The fraction of sp³-hybridized carbons (Fsp3) is 0.667. The Hall–Kier alpha value is -0.560. The number of fused-ring (bicyclic) bond motifs is 1. The Bertz CT molecular complexity index is 382. The van der Waals surface area contributed by atoms with E-state index in [0.717, 1.165) is 25.0 Å². The van der Waals surface area contributed by atoms with Gasteiger partial charge in [-0.15, -0.1) is 11.6 Å². The first-order chi connectivity index (χ1) is 7.99. The zero-order valence-electron chi connectivity index (χ0n) is 10.9. The van der Waals surface area contributed by atoms with Crippen LogP contribution in [0.1, 0.15) is 39.5 Å². The summed E-state index contributed by atoms with van der Waals surface area (Å²) in [5, 5.41) is 8.28. The molecule has 3 atom stereocenters. The molecule has 0 aromatic rings. The van der Waals surface area contributed by atoms with Crippen molar-refractivity contribution >= 4 is 17.3 Å². The Morgan fingerprint density at radius 2 is 2.35 bits per heavy atom. The minimum absolute atomic E-state index is 0.110. The van der Waals surface area contributed by atoms with Crippen molar-refractivity contribution in [2.24, 2.45) is 17.3 Å². The van der Waals surface area contributed by atoms with Gasteiger partial charge in [0.15, 0.2) is 0 Å². The van der Waals surface area contributed by atoms with E-state index in [1.54, 1.807) is 0 Å². The van der Waals surface area contributed by atoms with Gasteiger partial charge < -0.3 is 5.41 Å². The summed E-state index contributed by atoms with van der Waals surface area (Å²) in [6, 6.07) is 0. The maximum Gasteiger partial charge on any atom is 0.0354 e. The first kappa shape index (κ1) is 12.9. The van der Waals surface area contributed by atoms with Crippen molar-refractivity contribution in [3.8, 4) is 0 Å². The molecule has 1 nitrogen and oxygen atoms in total. The van der Waals surface area contributed by atoms with Crippen LogP contribution < -0.4 is 0 Å². The maximum atomic E-state index is 8.28. The monoisotopic (exact) mass is 251 g/mol. The van der Waals surface area contributed by atoms with E-state index >= 15 is 0 Å². The van der Waals surface area contributed by atoms with Crippen molar-refractivity contribution in [2.75, 3.05) is 5.88 Å². The lowest BCUT2D eigenvalue weighted by molar-refractivity contribution is 0.187. The van der Waals surface area contributed by atoms with Crippen LogP contribution in [0, 0.1) is 22.7 Å². The first-order valence-electron chi connectivity index (χ1n) is 6.49. The number of allylic oxidation sites excluding steroid dienone is 3. The summed E-state index contributed by atoms with van der Waals surface area (Å²) in [4.78, 5) is 0. The second kappa shape index (κ2) is 4.61. The van der Waals surface area contributed by atoms with Crippen molar-refractivity contribution in [2.45, 2.75) is 39.5 Å². The average Bonchev–Trinajstić information content (AvgIpc) is 2.27. The van der Waals surface area contributed by atoms with E-state index in [1.807, 2.05) is 0 Å². The molecule has 0 aromatic heterocycles. The number of nitrogens with one attached hydrogen (secondary N) is 1. The molecule has 0 aromatic carbocycles. The van der Waals surface area contributed by atoms with Gasteiger partial charge in [-0.25, -0.2) is 0 Å². The topological polar surface area (TPSA) is 23.9 Å². The molecule has 17 heavy (non-hydrogen) atoms. The summed E-state index contributed by atoms with van der Waals surface area (Å²) < 4.78 is 0. The third-order valence-corrected chi connectivity index (χ3v) is 5.08. The number of alkyl halides is 1. The van der Waals surface area contributed by atoms with Gasteiger partial charge in [0.2, 0.25) is 0 Å². The van der Waals surface area contributed by atoms with Crippen LogP contribution in [0.25, 0.3) is 0 Å². The average molecular weight is 252 g/mol. The standard InChI is InChI=1S/C15H22ClN/c1-10(2)11-7-14(17)13-6-4-5-12(9-16)15(13,3)8-11/h6,11-12,17H,1,4-5,7-9H2,2-3H3. The molecule has 0 heterocycles. The molecule has 2 aliphatic rings. The molecule has 0 saturated heterocycles. The summed E-state index contributed by atoms with van der Waals surface area (Å²) in [5.41, 5.74) is 3.42. The van der Waals surface area contributed by atoms with Gasteiger partial charge >= 0.3 is 0 Å². The van der Waals surface area contributed by atoms with Gasteiger partial charge in [-0.1, -0.05) is 25.2 Å². The predicted octanol–water partition coefficient (Wildman–Crippen LogP) is 4.57. The van der Waals surface area contributed by atoms with Gasteiger partial charge in [0.1, 0.15) is 0 Å². The lowest BCUT2D eigenvalue weighted by Gasteiger charge is -2.48. The number of rotatable bonds is 2. The molecule has 2 aliphatic carbocycles. The van der Waals surface area contributed by atoms with Crippen LogP contribution in [-0.2, 0) is 0 Å². The lowest BCUT2D eigenvalue weighted by atomic mass is 9.57. The van der Waals surface area contributed by atoms with Gasteiger partial charge in [-0.3, -0.25) is 0 Å². The fourth-order valence-electron chi connectivity index (χ4n) is 3.48. The maximum absolute atomic E-state index is 8.28. The molecular formula is C15H22ClN. The minimum Gasteiger partial charge on any atom is -0.305 e. The highest BCUT2D eigenvalue weighted by atomic mass is 35.5. The van der Waals surface area contributed by atoms with E-state index in [9.17, 15) is 0 Å². The molecule has 0 spiro atoms. The first-order valence-corrected chi connectivity index (χ1v) is 7.02. The van der Waals surface area contributed by atoms with Crippen molar-refractivity contribution < 1.29 is 0 Å². The highest BCUT2D eigenvalue weighted by molar-refractivity contribution is 6.18. The molecule has 0 aliphatic heterocycles. The number of hydrogen-bond donors (Lipinski definition) is 1.